The molecular weight excluding hydrogens is 402 g/mol. The lowest BCUT2D eigenvalue weighted by molar-refractivity contribution is -0.140. The zero-order valence-corrected chi connectivity index (χ0v) is 16.9. The van der Waals surface area contributed by atoms with Crippen LogP contribution in [0.25, 0.3) is 5.52 Å². The van der Waals surface area contributed by atoms with Crippen LogP contribution in [0.1, 0.15) is 37.3 Å². The number of fused-ring (bicyclic) bond motifs is 2. The number of halogens is 2. The molecule has 0 bridgehead atoms. The van der Waals surface area contributed by atoms with Crippen LogP contribution in [-0.2, 0) is 9.53 Å². The maximum atomic E-state index is 13.8. The fraction of sp³-hybridized carbons (Fsp3) is 0.391. The summed E-state index contributed by atoms with van der Waals surface area (Å²) in [6, 6.07) is 9.12. The van der Waals surface area contributed by atoms with E-state index < -0.39 is 17.2 Å². The van der Waals surface area contributed by atoms with Gasteiger partial charge < -0.3 is 14.5 Å². The highest BCUT2D eigenvalue weighted by Crippen LogP contribution is 2.48. The SMILES string of the molecule is O=C1N2[C@@H](CC[C@H]2c2cc(F)cc(F)c2)OC12CCN(c1nccc3cccn13)CC2. The van der Waals surface area contributed by atoms with Crippen molar-refractivity contribution in [3.05, 3.63) is 66.0 Å². The number of piperidine rings is 1. The second-order valence-corrected chi connectivity index (χ2v) is 8.61. The van der Waals surface area contributed by atoms with Gasteiger partial charge in [-0.25, -0.2) is 13.8 Å². The summed E-state index contributed by atoms with van der Waals surface area (Å²) in [4.78, 5) is 21.9. The summed E-state index contributed by atoms with van der Waals surface area (Å²) in [5.74, 6) is -0.450. The quantitative estimate of drug-likeness (QED) is 0.630. The topological polar surface area (TPSA) is 50.1 Å². The number of hydrogen-bond acceptors (Lipinski definition) is 4. The summed E-state index contributed by atoms with van der Waals surface area (Å²) in [7, 11) is 0. The molecule has 6 nitrogen and oxygen atoms in total. The van der Waals surface area contributed by atoms with E-state index in [0.29, 0.717) is 44.3 Å². The number of aromatic nitrogens is 2. The Morgan fingerprint density at radius 3 is 2.61 bits per heavy atom. The first-order valence-corrected chi connectivity index (χ1v) is 10.7. The Bertz CT molecular complexity index is 1150. The van der Waals surface area contributed by atoms with Crippen LogP contribution in [0.3, 0.4) is 0 Å². The number of benzene rings is 1. The molecule has 2 atom stereocenters. The standard InChI is InChI=1S/C23H22F2N4O2/c24-16-12-15(13-17(25)14-16)19-3-4-20-29(19)21(30)23(31-20)6-10-27(11-7-23)22-26-8-5-18-2-1-9-28(18)22/h1-2,5,8-9,12-14,19-20H,3-4,6-7,10-11H2/t19-,20+/m0/s1. The van der Waals surface area contributed by atoms with Crippen LogP contribution >= 0.6 is 0 Å². The summed E-state index contributed by atoms with van der Waals surface area (Å²) in [5.41, 5.74) is 0.704. The van der Waals surface area contributed by atoms with E-state index in [4.69, 9.17) is 4.74 Å². The molecule has 1 spiro atoms. The number of rotatable bonds is 2. The van der Waals surface area contributed by atoms with Gasteiger partial charge in [-0.1, -0.05) is 0 Å². The highest BCUT2D eigenvalue weighted by Gasteiger charge is 2.58. The van der Waals surface area contributed by atoms with Crippen molar-refractivity contribution in [2.45, 2.75) is 43.6 Å². The molecule has 3 fully saturated rings. The summed E-state index contributed by atoms with van der Waals surface area (Å²) < 4.78 is 35.9. The molecule has 160 valence electrons. The fourth-order valence-electron chi connectivity index (χ4n) is 5.40. The molecule has 8 heteroatoms. The zero-order chi connectivity index (χ0) is 21.2. The van der Waals surface area contributed by atoms with E-state index in [-0.39, 0.29) is 18.2 Å². The van der Waals surface area contributed by atoms with Crippen molar-refractivity contribution < 1.29 is 18.3 Å². The van der Waals surface area contributed by atoms with Gasteiger partial charge in [0.15, 0.2) is 5.60 Å². The Morgan fingerprint density at radius 1 is 1.06 bits per heavy atom. The number of anilines is 1. The number of carbonyl (C=O) groups excluding carboxylic acids is 1. The molecule has 3 aromatic rings. The average Bonchev–Trinajstić information content (AvgIpc) is 3.45. The normalized spacial score (nSPS) is 25.0. The fourth-order valence-corrected chi connectivity index (χ4v) is 5.40. The maximum Gasteiger partial charge on any atom is 0.257 e. The summed E-state index contributed by atoms with van der Waals surface area (Å²) in [6.07, 6.45) is 5.88. The first-order valence-electron chi connectivity index (χ1n) is 10.7. The van der Waals surface area contributed by atoms with Gasteiger partial charge in [0.2, 0.25) is 5.95 Å². The molecule has 0 unspecified atom stereocenters. The van der Waals surface area contributed by atoms with Gasteiger partial charge in [-0.05, 0) is 48.7 Å². The first-order chi connectivity index (χ1) is 15.0. The average molecular weight is 424 g/mol. The number of carbonyl (C=O) groups is 1. The lowest BCUT2D eigenvalue weighted by Crippen LogP contribution is -2.51. The Balaban J connectivity index is 1.24. The van der Waals surface area contributed by atoms with Crippen molar-refractivity contribution in [1.82, 2.24) is 14.3 Å². The van der Waals surface area contributed by atoms with Crippen LogP contribution in [-0.4, -0.2) is 45.1 Å². The molecular formula is C23H22F2N4O2. The lowest BCUT2D eigenvalue weighted by atomic mass is 9.89. The molecule has 1 aromatic carbocycles. The van der Waals surface area contributed by atoms with Crippen molar-refractivity contribution in [2.24, 2.45) is 0 Å². The van der Waals surface area contributed by atoms with E-state index in [1.54, 1.807) is 11.1 Å². The van der Waals surface area contributed by atoms with E-state index in [1.807, 2.05) is 28.8 Å². The highest BCUT2D eigenvalue weighted by atomic mass is 19.1. The first kappa shape index (κ1) is 18.7. The zero-order valence-electron chi connectivity index (χ0n) is 16.9. The van der Waals surface area contributed by atoms with E-state index >= 15 is 0 Å². The molecule has 6 rings (SSSR count). The van der Waals surface area contributed by atoms with Crippen LogP contribution in [0, 0.1) is 11.6 Å². The smallest absolute Gasteiger partial charge is 0.257 e. The Labute approximate surface area is 178 Å². The van der Waals surface area contributed by atoms with Crippen molar-refractivity contribution in [2.75, 3.05) is 18.0 Å². The second kappa shape index (κ2) is 6.75. The number of hydrogen-bond donors (Lipinski definition) is 0. The molecule has 1 amide bonds. The number of nitrogens with zero attached hydrogens (tertiary/aromatic N) is 4. The molecule has 3 aliphatic rings. The third-order valence-corrected chi connectivity index (χ3v) is 6.87. The molecule has 3 saturated heterocycles. The van der Waals surface area contributed by atoms with Gasteiger partial charge in [0.1, 0.15) is 17.9 Å². The minimum atomic E-state index is -0.865. The van der Waals surface area contributed by atoms with E-state index in [2.05, 4.69) is 9.88 Å². The predicted octanol–water partition coefficient (Wildman–Crippen LogP) is 3.67. The molecule has 0 saturated carbocycles. The van der Waals surface area contributed by atoms with E-state index in [0.717, 1.165) is 17.5 Å². The molecule has 5 heterocycles. The molecule has 0 aliphatic carbocycles. The third-order valence-electron chi connectivity index (χ3n) is 6.87. The minimum absolute atomic E-state index is 0.0588. The van der Waals surface area contributed by atoms with Gasteiger partial charge in [0, 0.05) is 49.9 Å². The maximum absolute atomic E-state index is 13.8. The second-order valence-electron chi connectivity index (χ2n) is 8.61. The van der Waals surface area contributed by atoms with Crippen LogP contribution in [0.4, 0.5) is 14.7 Å². The molecule has 31 heavy (non-hydrogen) atoms. The van der Waals surface area contributed by atoms with Crippen molar-refractivity contribution >= 4 is 17.4 Å². The highest BCUT2D eigenvalue weighted by molar-refractivity contribution is 5.88. The van der Waals surface area contributed by atoms with Gasteiger partial charge >= 0.3 is 0 Å². The summed E-state index contributed by atoms with van der Waals surface area (Å²) in [5, 5.41) is 0. The lowest BCUT2D eigenvalue weighted by Gasteiger charge is -2.38. The van der Waals surface area contributed by atoms with E-state index in [1.165, 1.54) is 12.1 Å². The largest absolute Gasteiger partial charge is 0.342 e. The molecule has 3 aliphatic heterocycles. The summed E-state index contributed by atoms with van der Waals surface area (Å²) in [6.45, 7) is 1.30. The summed E-state index contributed by atoms with van der Waals surface area (Å²) >= 11 is 0. The van der Waals surface area contributed by atoms with Gasteiger partial charge in [-0.15, -0.1) is 0 Å². The minimum Gasteiger partial charge on any atom is -0.342 e. The van der Waals surface area contributed by atoms with Crippen LogP contribution in [0.2, 0.25) is 0 Å². The van der Waals surface area contributed by atoms with Crippen molar-refractivity contribution in [3.8, 4) is 0 Å². The van der Waals surface area contributed by atoms with Crippen molar-refractivity contribution in [3.63, 3.8) is 0 Å². The number of ether oxygens (including phenoxy) is 1. The molecule has 0 radical (unpaired) electrons. The van der Waals surface area contributed by atoms with Gasteiger partial charge in [0.25, 0.3) is 5.91 Å². The van der Waals surface area contributed by atoms with Crippen molar-refractivity contribution in [1.29, 1.82) is 0 Å². The van der Waals surface area contributed by atoms with Crippen LogP contribution < -0.4 is 4.90 Å². The van der Waals surface area contributed by atoms with Crippen LogP contribution in [0.15, 0.2) is 48.8 Å². The van der Waals surface area contributed by atoms with Gasteiger partial charge in [-0.2, -0.15) is 0 Å². The van der Waals surface area contributed by atoms with Gasteiger partial charge in [-0.3, -0.25) is 9.20 Å². The Kier molecular flexibility index (Phi) is 4.08. The van der Waals surface area contributed by atoms with Crippen LogP contribution in [0.5, 0.6) is 0 Å². The van der Waals surface area contributed by atoms with E-state index in [9.17, 15) is 13.6 Å². The monoisotopic (exact) mass is 424 g/mol. The molecule has 0 N–H and O–H groups in total. The Morgan fingerprint density at radius 2 is 1.84 bits per heavy atom. The van der Waals surface area contributed by atoms with Gasteiger partial charge in [0.05, 0.1) is 6.04 Å². The molecule has 2 aromatic heterocycles. The number of amides is 1. The third kappa shape index (κ3) is 2.85. The Hall–Kier alpha value is -3.00. The predicted molar refractivity (Wildman–Crippen MR) is 109 cm³/mol.